The van der Waals surface area contributed by atoms with Crippen molar-refractivity contribution in [3.05, 3.63) is 147 Å². The molecule has 1 saturated carbocycles. The summed E-state index contributed by atoms with van der Waals surface area (Å²) < 4.78 is 21.7. The average molecular weight is 822 g/mol. The topological polar surface area (TPSA) is 122 Å². The number of benzene rings is 4. The van der Waals surface area contributed by atoms with E-state index in [2.05, 4.69) is 21.7 Å². The predicted octanol–water partition coefficient (Wildman–Crippen LogP) is 10.8. The highest BCUT2D eigenvalue weighted by atomic mass is 35.5. The van der Waals surface area contributed by atoms with Gasteiger partial charge in [0.15, 0.2) is 16.9 Å². The molecule has 0 bridgehead atoms. The van der Waals surface area contributed by atoms with Crippen LogP contribution in [0, 0.1) is 13.8 Å². The van der Waals surface area contributed by atoms with E-state index in [9.17, 15) is 9.59 Å². The van der Waals surface area contributed by atoms with Crippen LogP contribution in [-0.2, 0) is 9.53 Å². The zero-order valence-electron chi connectivity index (χ0n) is 32.7. The van der Waals surface area contributed by atoms with Crippen molar-refractivity contribution < 1.29 is 19.0 Å². The minimum absolute atomic E-state index is 0.0122. The lowest BCUT2D eigenvalue weighted by Gasteiger charge is -2.29. The van der Waals surface area contributed by atoms with Crippen molar-refractivity contribution in [3.63, 3.8) is 0 Å². The smallest absolute Gasteiger partial charge is 0.261 e. The second-order valence-corrected chi connectivity index (χ2v) is 15.0. The van der Waals surface area contributed by atoms with Gasteiger partial charge in [-0.25, -0.2) is 9.97 Å². The molecule has 6 aromatic rings. The molecule has 58 heavy (non-hydrogen) atoms. The lowest BCUT2D eigenvalue weighted by atomic mass is 9.94. The van der Waals surface area contributed by atoms with Gasteiger partial charge in [0.1, 0.15) is 29.2 Å². The number of nitrogens with zero attached hydrogens (tertiary/aromatic N) is 4. The van der Waals surface area contributed by atoms with Crippen molar-refractivity contribution in [2.75, 3.05) is 17.4 Å². The monoisotopic (exact) mass is 820 g/mol. The maximum Gasteiger partial charge on any atom is 0.261 e. The molecular formula is C45H46Cl2N6O5. The second kappa shape index (κ2) is 18.8. The summed E-state index contributed by atoms with van der Waals surface area (Å²) in [5, 5.41) is 6.41. The van der Waals surface area contributed by atoms with E-state index < -0.39 is 18.2 Å². The van der Waals surface area contributed by atoms with Gasteiger partial charge in [-0.05, 0) is 74.2 Å². The summed E-state index contributed by atoms with van der Waals surface area (Å²) in [7, 11) is 0. The molecule has 1 aliphatic carbocycles. The Kier molecular flexibility index (Phi) is 13.1. The SMILES string of the molecule is CCC(OCNc1ccc(Oc2ccccc2)c(NC(=O)C(c2ncc(-c3ccccc3)c(=O)n2C2CCCCC2)n2cnc(Cl)c2Cl)c1)Oc1ccc(C)cc1C. The van der Waals surface area contributed by atoms with Gasteiger partial charge in [-0.2, -0.15) is 0 Å². The number of hydrogen-bond acceptors (Lipinski definition) is 8. The Morgan fingerprint density at radius 3 is 2.31 bits per heavy atom. The fraction of sp³-hybridized carbons (Fsp3) is 0.289. The Morgan fingerprint density at radius 2 is 1.62 bits per heavy atom. The third kappa shape index (κ3) is 9.39. The number of rotatable bonds is 15. The molecule has 2 aromatic heterocycles. The maximum absolute atomic E-state index is 14.9. The summed E-state index contributed by atoms with van der Waals surface area (Å²) in [6.45, 7) is 6.16. The normalized spacial score (nSPS) is 14.1. The zero-order chi connectivity index (χ0) is 40.6. The number of para-hydroxylation sites is 1. The summed E-state index contributed by atoms with van der Waals surface area (Å²) in [5.41, 5.74) is 4.10. The number of nitrogens with one attached hydrogen (secondary N) is 2. The highest BCUT2D eigenvalue weighted by Gasteiger charge is 2.34. The highest BCUT2D eigenvalue weighted by molar-refractivity contribution is 6.40. The molecular weight excluding hydrogens is 775 g/mol. The van der Waals surface area contributed by atoms with E-state index in [0.717, 1.165) is 54.5 Å². The van der Waals surface area contributed by atoms with E-state index in [0.29, 0.717) is 34.9 Å². The molecule has 0 aliphatic heterocycles. The fourth-order valence-corrected chi connectivity index (χ4v) is 7.56. The molecule has 300 valence electrons. The van der Waals surface area contributed by atoms with Gasteiger partial charge in [0.05, 0.1) is 17.6 Å². The van der Waals surface area contributed by atoms with Crippen molar-refractivity contribution >= 4 is 40.5 Å². The number of carbonyl (C=O) groups is 1. The third-order valence-corrected chi connectivity index (χ3v) is 10.9. The molecule has 11 nitrogen and oxygen atoms in total. The molecule has 1 aliphatic rings. The van der Waals surface area contributed by atoms with E-state index in [1.165, 1.54) is 17.1 Å². The fourth-order valence-electron chi connectivity index (χ4n) is 7.23. The van der Waals surface area contributed by atoms with Crippen LogP contribution >= 0.6 is 23.2 Å². The standard InChI is InChI=1S/C45H46Cl2N6O5/c1-4-39(58-37-22-20-29(2)24-30(37)3)56-28-50-32-21-23-38(57-34-18-12-7-13-19-34)36(25-32)51-44(54)40(52-27-49-41(46)42(52)47)43-48-26-35(31-14-8-5-9-15-31)45(55)53(43)33-16-10-6-11-17-33/h5,7-9,12-15,18-27,33,39-40,50H,4,6,10-11,16-17,28H2,1-3H3,(H,51,54). The van der Waals surface area contributed by atoms with Crippen LogP contribution in [0.2, 0.25) is 10.3 Å². The van der Waals surface area contributed by atoms with Crippen LogP contribution < -0.4 is 25.7 Å². The van der Waals surface area contributed by atoms with Crippen molar-refractivity contribution in [1.82, 2.24) is 19.1 Å². The number of imidazole rings is 1. The molecule has 2 N–H and O–H groups in total. The van der Waals surface area contributed by atoms with Gasteiger partial charge >= 0.3 is 0 Å². The van der Waals surface area contributed by atoms with Gasteiger partial charge in [0.2, 0.25) is 6.29 Å². The van der Waals surface area contributed by atoms with Gasteiger partial charge in [-0.1, -0.05) is 116 Å². The molecule has 13 heteroatoms. The Hall–Kier alpha value is -5.62. The molecule has 4 aromatic carbocycles. The third-order valence-electron chi connectivity index (χ3n) is 10.2. The lowest BCUT2D eigenvalue weighted by molar-refractivity contribution is -0.118. The van der Waals surface area contributed by atoms with Crippen molar-refractivity contribution in [3.8, 4) is 28.4 Å². The first kappa shape index (κ1) is 40.6. The van der Waals surface area contributed by atoms with Crippen molar-refractivity contribution in [2.24, 2.45) is 0 Å². The van der Waals surface area contributed by atoms with Crippen LogP contribution in [0.5, 0.6) is 17.2 Å². The Bertz CT molecular complexity index is 2400. The maximum atomic E-state index is 14.9. The summed E-state index contributed by atoms with van der Waals surface area (Å²) in [4.78, 5) is 38.6. The van der Waals surface area contributed by atoms with E-state index in [1.54, 1.807) is 16.7 Å². The minimum atomic E-state index is -1.25. The van der Waals surface area contributed by atoms with Crippen LogP contribution in [0.4, 0.5) is 11.4 Å². The van der Waals surface area contributed by atoms with Gasteiger partial charge in [-0.15, -0.1) is 0 Å². The van der Waals surface area contributed by atoms with E-state index in [4.69, 9.17) is 42.4 Å². The van der Waals surface area contributed by atoms with Crippen LogP contribution in [0.3, 0.4) is 0 Å². The van der Waals surface area contributed by atoms with Crippen LogP contribution in [0.25, 0.3) is 11.1 Å². The van der Waals surface area contributed by atoms with Crippen LogP contribution in [-0.4, -0.2) is 38.0 Å². The number of ether oxygens (including phenoxy) is 3. The number of aryl methyl sites for hydroxylation is 2. The van der Waals surface area contributed by atoms with E-state index in [-0.39, 0.29) is 34.5 Å². The van der Waals surface area contributed by atoms with Crippen LogP contribution in [0.15, 0.2) is 114 Å². The first-order valence-electron chi connectivity index (χ1n) is 19.5. The number of amides is 1. The van der Waals surface area contributed by atoms with Gasteiger partial charge < -0.3 is 29.4 Å². The van der Waals surface area contributed by atoms with Gasteiger partial charge in [0, 0.05) is 24.3 Å². The summed E-state index contributed by atoms with van der Waals surface area (Å²) in [6, 6.07) is 28.6. The molecule has 2 heterocycles. The highest BCUT2D eigenvalue weighted by Crippen LogP contribution is 2.36. The molecule has 0 saturated heterocycles. The van der Waals surface area contributed by atoms with Gasteiger partial charge in [0.25, 0.3) is 11.5 Å². The van der Waals surface area contributed by atoms with E-state index in [1.807, 2.05) is 99.6 Å². The molecule has 7 rings (SSSR count). The summed E-state index contributed by atoms with van der Waals surface area (Å²) >= 11 is 13.1. The van der Waals surface area contributed by atoms with Crippen LogP contribution in [0.1, 0.15) is 74.5 Å². The zero-order valence-corrected chi connectivity index (χ0v) is 34.2. The largest absolute Gasteiger partial charge is 0.465 e. The first-order valence-corrected chi connectivity index (χ1v) is 20.3. The van der Waals surface area contributed by atoms with Crippen molar-refractivity contribution in [1.29, 1.82) is 0 Å². The Balaban J connectivity index is 1.23. The second-order valence-electron chi connectivity index (χ2n) is 14.3. The summed E-state index contributed by atoms with van der Waals surface area (Å²) in [5.74, 6) is 1.38. The number of hydrogen-bond donors (Lipinski definition) is 2. The molecule has 1 amide bonds. The predicted molar refractivity (Wildman–Crippen MR) is 228 cm³/mol. The quantitative estimate of drug-likeness (QED) is 0.0982. The Labute approximate surface area is 347 Å². The van der Waals surface area contributed by atoms with Gasteiger partial charge in [-0.3, -0.25) is 14.2 Å². The van der Waals surface area contributed by atoms with E-state index >= 15 is 0 Å². The summed E-state index contributed by atoms with van der Waals surface area (Å²) in [6.07, 6.45) is 7.52. The Morgan fingerprint density at radius 1 is 0.897 bits per heavy atom. The molecule has 0 radical (unpaired) electrons. The molecule has 2 atom stereocenters. The number of aromatic nitrogens is 4. The first-order chi connectivity index (χ1) is 28.2. The number of carbonyl (C=O) groups excluding carboxylic acids is 1. The van der Waals surface area contributed by atoms with Crippen molar-refractivity contribution in [2.45, 2.75) is 77.7 Å². The molecule has 2 unspecified atom stereocenters. The number of halogens is 2. The average Bonchev–Trinajstić information content (AvgIpc) is 3.56. The number of anilines is 2. The lowest BCUT2D eigenvalue weighted by Crippen LogP contribution is -2.37. The molecule has 0 spiro atoms. The minimum Gasteiger partial charge on any atom is -0.465 e. The molecule has 1 fully saturated rings.